The molecule has 0 amide bonds. The van der Waals surface area contributed by atoms with Gasteiger partial charge in [-0.25, -0.2) is 9.67 Å². The van der Waals surface area contributed by atoms with Crippen LogP contribution in [0.1, 0.15) is 32.0 Å². The molecule has 24 heavy (non-hydrogen) atoms. The third-order valence-corrected chi connectivity index (χ3v) is 4.20. The Hall–Kier alpha value is -2.20. The molecule has 4 heteroatoms. The highest BCUT2D eigenvalue weighted by molar-refractivity contribution is 9.10. The third kappa shape index (κ3) is 3.82. The number of rotatable bonds is 3. The van der Waals surface area contributed by atoms with Crippen molar-refractivity contribution in [1.82, 2.24) is 9.78 Å². The van der Waals surface area contributed by atoms with Crippen LogP contribution in [0.3, 0.4) is 0 Å². The molecule has 0 saturated heterocycles. The lowest BCUT2D eigenvalue weighted by atomic mass is 9.92. The van der Waals surface area contributed by atoms with Crippen LogP contribution in [0, 0.1) is 0 Å². The first-order valence-corrected chi connectivity index (χ1v) is 8.68. The lowest BCUT2D eigenvalue weighted by molar-refractivity contribution is 0.560. The number of hydrogen-bond donors (Lipinski definition) is 0. The average Bonchev–Trinajstić information content (AvgIpc) is 3.00. The van der Waals surface area contributed by atoms with Gasteiger partial charge < -0.3 is 0 Å². The summed E-state index contributed by atoms with van der Waals surface area (Å²) < 4.78 is 2.96. The van der Waals surface area contributed by atoms with E-state index >= 15 is 0 Å². The SMILES string of the molecule is CC(C)(C)c1cc(/N=C/c2ccc(Br)cc2)n(-c2ccccc2)n1. The van der Waals surface area contributed by atoms with Crippen LogP contribution in [0.25, 0.3) is 5.69 Å². The molecule has 0 fully saturated rings. The highest BCUT2D eigenvalue weighted by atomic mass is 79.9. The van der Waals surface area contributed by atoms with Gasteiger partial charge in [-0.2, -0.15) is 5.10 Å². The van der Waals surface area contributed by atoms with Gasteiger partial charge in [0.25, 0.3) is 0 Å². The van der Waals surface area contributed by atoms with E-state index in [4.69, 9.17) is 5.10 Å². The van der Waals surface area contributed by atoms with Crippen LogP contribution in [0.15, 0.2) is 70.1 Å². The number of hydrogen-bond acceptors (Lipinski definition) is 2. The zero-order valence-corrected chi connectivity index (χ0v) is 15.7. The van der Waals surface area contributed by atoms with Crippen molar-refractivity contribution in [2.45, 2.75) is 26.2 Å². The first kappa shape index (κ1) is 16.7. The molecule has 2 aromatic carbocycles. The van der Waals surface area contributed by atoms with E-state index in [-0.39, 0.29) is 5.41 Å². The molecule has 3 aromatic rings. The molecule has 0 radical (unpaired) electrons. The van der Waals surface area contributed by atoms with Crippen molar-refractivity contribution < 1.29 is 0 Å². The first-order chi connectivity index (χ1) is 11.4. The lowest BCUT2D eigenvalue weighted by Gasteiger charge is -2.14. The van der Waals surface area contributed by atoms with Crippen LogP contribution < -0.4 is 0 Å². The summed E-state index contributed by atoms with van der Waals surface area (Å²) in [6.45, 7) is 6.48. The minimum atomic E-state index is -0.0259. The number of aromatic nitrogens is 2. The fourth-order valence-electron chi connectivity index (χ4n) is 2.28. The second-order valence-electron chi connectivity index (χ2n) is 6.69. The van der Waals surface area contributed by atoms with Crippen LogP contribution >= 0.6 is 15.9 Å². The number of aliphatic imine (C=N–C) groups is 1. The Labute approximate surface area is 151 Å². The van der Waals surface area contributed by atoms with Crippen LogP contribution in [0.5, 0.6) is 0 Å². The zero-order chi connectivity index (χ0) is 17.2. The van der Waals surface area contributed by atoms with Crippen molar-refractivity contribution in [1.29, 1.82) is 0 Å². The molecule has 0 bridgehead atoms. The minimum absolute atomic E-state index is 0.0259. The van der Waals surface area contributed by atoms with Crippen molar-refractivity contribution in [3.63, 3.8) is 0 Å². The molecule has 0 N–H and O–H groups in total. The van der Waals surface area contributed by atoms with Gasteiger partial charge in [-0.15, -0.1) is 0 Å². The molecule has 0 atom stereocenters. The summed E-state index contributed by atoms with van der Waals surface area (Å²) in [5.74, 6) is 0.828. The zero-order valence-electron chi connectivity index (χ0n) is 14.1. The van der Waals surface area contributed by atoms with E-state index in [2.05, 4.69) is 47.8 Å². The smallest absolute Gasteiger partial charge is 0.155 e. The van der Waals surface area contributed by atoms with Gasteiger partial charge in [0.1, 0.15) is 0 Å². The Morgan fingerprint density at radius 3 is 2.29 bits per heavy atom. The van der Waals surface area contributed by atoms with Crippen molar-refractivity contribution in [2.75, 3.05) is 0 Å². The Bertz CT molecular complexity index is 841. The number of halogens is 1. The van der Waals surface area contributed by atoms with Gasteiger partial charge >= 0.3 is 0 Å². The molecular weight excluding hydrogens is 362 g/mol. The van der Waals surface area contributed by atoms with E-state index in [1.54, 1.807) is 0 Å². The van der Waals surface area contributed by atoms with E-state index in [1.165, 1.54) is 0 Å². The molecule has 3 rings (SSSR count). The monoisotopic (exact) mass is 381 g/mol. The first-order valence-electron chi connectivity index (χ1n) is 7.89. The summed E-state index contributed by atoms with van der Waals surface area (Å²) in [7, 11) is 0. The molecule has 1 heterocycles. The summed E-state index contributed by atoms with van der Waals surface area (Å²) in [5, 5.41) is 4.77. The molecule has 1 aromatic heterocycles. The molecular formula is C20H20BrN3. The molecule has 0 unspecified atom stereocenters. The second kappa shape index (κ2) is 6.73. The molecule has 0 aliphatic rings. The summed E-state index contributed by atoms with van der Waals surface area (Å²) >= 11 is 3.45. The summed E-state index contributed by atoms with van der Waals surface area (Å²) in [4.78, 5) is 4.68. The molecule has 0 saturated carbocycles. The Morgan fingerprint density at radius 1 is 1.00 bits per heavy atom. The predicted octanol–water partition coefficient (Wildman–Crippen LogP) is 5.68. The number of benzene rings is 2. The van der Waals surface area contributed by atoms with E-state index in [1.807, 2.05) is 65.5 Å². The summed E-state index contributed by atoms with van der Waals surface area (Å²) in [6, 6.07) is 20.2. The van der Waals surface area contributed by atoms with E-state index in [9.17, 15) is 0 Å². The maximum Gasteiger partial charge on any atom is 0.155 e. The minimum Gasteiger partial charge on any atom is -0.236 e. The predicted molar refractivity (Wildman–Crippen MR) is 104 cm³/mol. The fourth-order valence-corrected chi connectivity index (χ4v) is 2.54. The van der Waals surface area contributed by atoms with Crippen molar-refractivity contribution in [3.8, 4) is 5.69 Å². The van der Waals surface area contributed by atoms with Gasteiger partial charge in [-0.1, -0.05) is 67.0 Å². The van der Waals surface area contributed by atoms with Gasteiger partial charge in [0.15, 0.2) is 5.82 Å². The van der Waals surface area contributed by atoms with Crippen LogP contribution in [-0.4, -0.2) is 16.0 Å². The van der Waals surface area contributed by atoms with Crippen molar-refractivity contribution in [3.05, 3.63) is 76.4 Å². The number of nitrogens with zero attached hydrogens (tertiary/aromatic N) is 3. The van der Waals surface area contributed by atoms with E-state index in [0.29, 0.717) is 0 Å². The largest absolute Gasteiger partial charge is 0.236 e. The normalized spacial score (nSPS) is 12.0. The van der Waals surface area contributed by atoms with Crippen LogP contribution in [0.4, 0.5) is 5.82 Å². The summed E-state index contributed by atoms with van der Waals surface area (Å²) in [6.07, 6.45) is 1.87. The Morgan fingerprint density at radius 2 is 1.67 bits per heavy atom. The molecule has 122 valence electrons. The molecule has 0 spiro atoms. The van der Waals surface area contributed by atoms with Crippen LogP contribution in [0.2, 0.25) is 0 Å². The Balaban J connectivity index is 2.02. The summed E-state index contributed by atoms with van der Waals surface area (Å²) in [5.41, 5.74) is 3.06. The highest BCUT2D eigenvalue weighted by Crippen LogP contribution is 2.27. The van der Waals surface area contributed by atoms with Gasteiger partial charge in [0.2, 0.25) is 0 Å². The third-order valence-electron chi connectivity index (χ3n) is 3.68. The van der Waals surface area contributed by atoms with Crippen molar-refractivity contribution >= 4 is 28.0 Å². The van der Waals surface area contributed by atoms with Gasteiger partial charge in [0.05, 0.1) is 11.4 Å². The van der Waals surface area contributed by atoms with E-state index in [0.717, 1.165) is 27.2 Å². The van der Waals surface area contributed by atoms with E-state index < -0.39 is 0 Å². The quantitative estimate of drug-likeness (QED) is 0.536. The molecule has 0 aliphatic carbocycles. The molecule has 0 aliphatic heterocycles. The van der Waals surface area contributed by atoms with Gasteiger partial charge in [-0.05, 0) is 29.8 Å². The topological polar surface area (TPSA) is 30.2 Å². The number of para-hydroxylation sites is 1. The Kier molecular flexibility index (Phi) is 4.67. The fraction of sp³-hybridized carbons (Fsp3) is 0.200. The van der Waals surface area contributed by atoms with Gasteiger partial charge in [-0.3, -0.25) is 0 Å². The van der Waals surface area contributed by atoms with Crippen molar-refractivity contribution in [2.24, 2.45) is 4.99 Å². The second-order valence-corrected chi connectivity index (χ2v) is 7.61. The maximum absolute atomic E-state index is 4.77. The van der Waals surface area contributed by atoms with Crippen LogP contribution in [-0.2, 0) is 5.41 Å². The highest BCUT2D eigenvalue weighted by Gasteiger charge is 2.20. The lowest BCUT2D eigenvalue weighted by Crippen LogP contribution is -2.12. The average molecular weight is 382 g/mol. The maximum atomic E-state index is 4.77. The van der Waals surface area contributed by atoms with Gasteiger partial charge in [0, 0.05) is 22.2 Å². The molecule has 3 nitrogen and oxygen atoms in total. The standard InChI is InChI=1S/C20H20BrN3/c1-20(2,3)18-13-19(22-14-15-9-11-16(21)12-10-15)24(23-18)17-7-5-4-6-8-17/h4-14H,1-3H3/b22-14+.